The lowest BCUT2D eigenvalue weighted by atomic mass is 10.0. The molecule has 2 unspecified atom stereocenters. The van der Waals surface area contributed by atoms with E-state index in [0.29, 0.717) is 13.0 Å². The van der Waals surface area contributed by atoms with Crippen molar-refractivity contribution >= 4 is 17.5 Å². The lowest BCUT2D eigenvalue weighted by Crippen LogP contribution is -2.45. The van der Waals surface area contributed by atoms with E-state index < -0.39 is 17.0 Å². The molecular weight excluding hydrogens is 374 g/mol. The van der Waals surface area contributed by atoms with Gasteiger partial charge in [-0.15, -0.1) is 4.72 Å². The van der Waals surface area contributed by atoms with Crippen LogP contribution in [0.15, 0.2) is 18.3 Å². The quantitative estimate of drug-likeness (QED) is 0.735. The molecule has 6 nitrogen and oxygen atoms in total. The number of nitrogens with one attached hydrogen (secondary N) is 1. The van der Waals surface area contributed by atoms with Crippen molar-refractivity contribution < 1.29 is 14.1 Å². The molecule has 1 amide bonds. The normalized spacial score (nSPS) is 20.1. The molecule has 0 saturated carbocycles. The standard InChI is InChI=1S/C21H35N3O3S/c1-15-10-11-17(22-14-15)18(23-28(26)21(5,6)7)13-16-9-8-12-24(16)19(25)27-20(2,3)4/h10-11,14,16,18,23H,8-9,12-13H2,1-7H3/t16-,18?,28?/m0/s1. The highest BCUT2D eigenvalue weighted by Crippen LogP contribution is 2.30. The number of carbonyl (C=O) groups excluding carboxylic acids is 1. The first-order chi connectivity index (χ1) is 12.9. The van der Waals surface area contributed by atoms with Crippen LogP contribution in [0.25, 0.3) is 0 Å². The number of hydrogen-bond acceptors (Lipinski definition) is 5. The molecule has 1 saturated heterocycles. The first-order valence-corrected chi connectivity index (χ1v) is 11.1. The number of likely N-dealkylation sites (tertiary alicyclic amines) is 1. The van der Waals surface area contributed by atoms with E-state index in [1.165, 1.54) is 0 Å². The number of carbonyl (C=O) groups is 1. The van der Waals surface area contributed by atoms with E-state index in [9.17, 15) is 9.35 Å². The maximum atomic E-state index is 12.8. The Morgan fingerprint density at radius 3 is 2.57 bits per heavy atom. The van der Waals surface area contributed by atoms with Crippen molar-refractivity contribution in [2.75, 3.05) is 6.54 Å². The predicted octanol–water partition coefficient (Wildman–Crippen LogP) is 4.27. The Hall–Kier alpha value is -1.31. The molecule has 0 radical (unpaired) electrons. The Bertz CT molecular complexity index is 652. The van der Waals surface area contributed by atoms with Gasteiger partial charge in [0.25, 0.3) is 0 Å². The molecule has 3 atom stereocenters. The third-order valence-corrected chi connectivity index (χ3v) is 6.22. The molecule has 2 rings (SSSR count). The zero-order valence-corrected chi connectivity index (χ0v) is 19.1. The summed E-state index contributed by atoms with van der Waals surface area (Å²) in [5.41, 5.74) is 1.41. The van der Waals surface area contributed by atoms with E-state index in [4.69, 9.17) is 4.74 Å². The number of nitrogens with zero attached hydrogens (tertiary/aromatic N) is 2. The van der Waals surface area contributed by atoms with Crippen molar-refractivity contribution in [1.29, 1.82) is 0 Å². The summed E-state index contributed by atoms with van der Waals surface area (Å²) in [5.74, 6) is 0. The molecule has 1 aliphatic heterocycles. The van der Waals surface area contributed by atoms with Gasteiger partial charge in [-0.05, 0) is 79.4 Å². The number of amides is 1. The van der Waals surface area contributed by atoms with E-state index in [2.05, 4.69) is 9.71 Å². The molecule has 1 N–H and O–H groups in total. The van der Waals surface area contributed by atoms with Crippen molar-refractivity contribution in [1.82, 2.24) is 14.6 Å². The fraction of sp³-hybridized carbons (Fsp3) is 0.714. The molecule has 1 aliphatic rings. The molecule has 0 aliphatic carbocycles. The van der Waals surface area contributed by atoms with Gasteiger partial charge < -0.3 is 14.2 Å². The van der Waals surface area contributed by atoms with Crippen LogP contribution >= 0.6 is 0 Å². The third-order valence-electron chi connectivity index (χ3n) is 4.61. The summed E-state index contributed by atoms with van der Waals surface area (Å²) >= 11 is -1.24. The largest absolute Gasteiger partial charge is 0.598 e. The smallest absolute Gasteiger partial charge is 0.410 e. The van der Waals surface area contributed by atoms with Gasteiger partial charge in [0.1, 0.15) is 10.3 Å². The third kappa shape index (κ3) is 6.64. The summed E-state index contributed by atoms with van der Waals surface area (Å²) in [5, 5.41) is 0. The summed E-state index contributed by atoms with van der Waals surface area (Å²) in [6.45, 7) is 14.1. The van der Waals surface area contributed by atoms with E-state index in [1.54, 1.807) is 0 Å². The molecule has 0 aromatic carbocycles. The number of rotatable bonds is 5. The van der Waals surface area contributed by atoms with Crippen LogP contribution < -0.4 is 4.72 Å². The summed E-state index contributed by atoms with van der Waals surface area (Å²) in [6, 6.07) is 3.82. The number of aryl methyl sites for hydroxylation is 1. The predicted molar refractivity (Wildman–Crippen MR) is 113 cm³/mol. The van der Waals surface area contributed by atoms with Crippen molar-refractivity contribution in [2.45, 2.75) is 90.2 Å². The van der Waals surface area contributed by atoms with E-state index in [-0.39, 0.29) is 22.9 Å². The summed E-state index contributed by atoms with van der Waals surface area (Å²) in [7, 11) is 0. The fourth-order valence-corrected chi connectivity index (χ4v) is 3.96. The highest BCUT2D eigenvalue weighted by molar-refractivity contribution is 7.90. The van der Waals surface area contributed by atoms with E-state index >= 15 is 0 Å². The van der Waals surface area contributed by atoms with E-state index in [1.807, 2.05) is 71.7 Å². The summed E-state index contributed by atoms with van der Waals surface area (Å²) in [6.07, 6.45) is 4.05. The van der Waals surface area contributed by atoms with Crippen molar-refractivity contribution in [3.05, 3.63) is 29.6 Å². The van der Waals surface area contributed by atoms with E-state index in [0.717, 1.165) is 24.1 Å². The molecule has 2 heterocycles. The Morgan fingerprint density at radius 1 is 1.36 bits per heavy atom. The van der Waals surface area contributed by atoms with Crippen molar-refractivity contribution in [3.63, 3.8) is 0 Å². The second-order valence-electron chi connectivity index (χ2n) is 9.52. The van der Waals surface area contributed by atoms with Crippen LogP contribution in [0.5, 0.6) is 0 Å². The van der Waals surface area contributed by atoms with Gasteiger partial charge in [-0.25, -0.2) is 4.79 Å². The van der Waals surface area contributed by atoms with Crippen LogP contribution in [-0.4, -0.2) is 43.5 Å². The highest BCUT2D eigenvalue weighted by atomic mass is 32.2. The topological polar surface area (TPSA) is 77.5 Å². The van der Waals surface area contributed by atoms with Gasteiger partial charge in [0.15, 0.2) is 0 Å². The minimum atomic E-state index is -1.24. The fourth-order valence-electron chi connectivity index (χ4n) is 3.13. The molecule has 0 bridgehead atoms. The Kier molecular flexibility index (Phi) is 7.39. The summed E-state index contributed by atoms with van der Waals surface area (Å²) in [4.78, 5) is 19.0. The van der Waals surface area contributed by atoms with Crippen molar-refractivity contribution in [2.24, 2.45) is 0 Å². The van der Waals surface area contributed by atoms with Gasteiger partial charge >= 0.3 is 6.09 Å². The van der Waals surface area contributed by atoms with Gasteiger partial charge in [-0.2, -0.15) is 0 Å². The zero-order valence-electron chi connectivity index (χ0n) is 18.2. The van der Waals surface area contributed by atoms with Gasteiger partial charge in [-0.3, -0.25) is 4.98 Å². The van der Waals surface area contributed by atoms with Gasteiger partial charge in [0.2, 0.25) is 0 Å². The van der Waals surface area contributed by atoms with Crippen LogP contribution in [0, 0.1) is 6.92 Å². The monoisotopic (exact) mass is 409 g/mol. The molecule has 158 valence electrons. The number of pyridine rings is 1. The minimum Gasteiger partial charge on any atom is -0.598 e. The van der Waals surface area contributed by atoms with Crippen LogP contribution in [0.1, 0.15) is 78.1 Å². The summed E-state index contributed by atoms with van der Waals surface area (Å²) < 4.78 is 21.2. The van der Waals surface area contributed by atoms with Gasteiger partial charge in [0, 0.05) is 30.1 Å². The molecule has 7 heteroatoms. The number of ether oxygens (including phenoxy) is 1. The zero-order chi connectivity index (χ0) is 21.1. The average molecular weight is 410 g/mol. The second-order valence-corrected chi connectivity index (χ2v) is 11.5. The van der Waals surface area contributed by atoms with Gasteiger partial charge in [-0.1, -0.05) is 6.07 Å². The lowest BCUT2D eigenvalue weighted by molar-refractivity contribution is 0.0214. The van der Waals surface area contributed by atoms with Crippen LogP contribution in [0.4, 0.5) is 4.79 Å². The number of aromatic nitrogens is 1. The Balaban J connectivity index is 2.18. The maximum Gasteiger partial charge on any atom is 0.410 e. The van der Waals surface area contributed by atoms with Crippen LogP contribution in [0.2, 0.25) is 0 Å². The molecule has 1 fully saturated rings. The SMILES string of the molecule is Cc1ccc(C(C[C@@H]2CCCN2C(=O)OC(C)(C)C)N[S+]([O-])C(C)(C)C)nc1. The first-order valence-electron chi connectivity index (χ1n) is 9.97. The minimum absolute atomic E-state index is 0.0346. The Morgan fingerprint density at radius 2 is 2.04 bits per heavy atom. The highest BCUT2D eigenvalue weighted by Gasteiger charge is 2.37. The van der Waals surface area contributed by atoms with Crippen molar-refractivity contribution in [3.8, 4) is 0 Å². The first kappa shape index (κ1) is 23.0. The molecule has 1 aromatic rings. The molecule has 0 spiro atoms. The van der Waals surface area contributed by atoms with Crippen LogP contribution in [-0.2, 0) is 16.1 Å². The second kappa shape index (κ2) is 9.01. The lowest BCUT2D eigenvalue weighted by Gasteiger charge is -2.32. The number of hydrogen-bond donors (Lipinski definition) is 1. The molecule has 1 aromatic heterocycles. The molecular formula is C21H35N3O3S. The maximum absolute atomic E-state index is 12.8. The van der Waals surface area contributed by atoms with Gasteiger partial charge in [0.05, 0.1) is 11.7 Å². The van der Waals surface area contributed by atoms with Crippen LogP contribution in [0.3, 0.4) is 0 Å². The molecule has 28 heavy (non-hydrogen) atoms. The Labute approximate surface area is 172 Å². The average Bonchev–Trinajstić information content (AvgIpc) is 3.01.